The summed E-state index contributed by atoms with van der Waals surface area (Å²) in [5.41, 5.74) is 7.42. The molecule has 4 aromatic carbocycles. The zero-order valence-corrected chi connectivity index (χ0v) is 26.0. The molecular weight excluding hydrogens is 524 g/mol. The highest BCUT2D eigenvalue weighted by Crippen LogP contribution is 2.47. The van der Waals surface area contributed by atoms with Gasteiger partial charge in [0.25, 0.3) is 0 Å². The van der Waals surface area contributed by atoms with Gasteiger partial charge in [-0.3, -0.25) is 0 Å². The molecule has 0 aliphatic heterocycles. The van der Waals surface area contributed by atoms with E-state index in [1.54, 1.807) is 0 Å². The second-order valence-corrected chi connectivity index (χ2v) is 13.5. The van der Waals surface area contributed by atoms with Crippen LogP contribution >= 0.6 is 0 Å². The van der Waals surface area contributed by atoms with Gasteiger partial charge in [-0.2, -0.15) is 0 Å². The molecule has 6 unspecified atom stereocenters. The molecule has 4 aromatic rings. The summed E-state index contributed by atoms with van der Waals surface area (Å²) in [4.78, 5) is 0. The number of aromatic hydroxyl groups is 2. The third-order valence-corrected chi connectivity index (χ3v) is 11.1. The van der Waals surface area contributed by atoms with E-state index in [1.165, 1.54) is 47.9 Å². The van der Waals surface area contributed by atoms with Crippen LogP contribution in [0.2, 0.25) is 0 Å². The standard InChI is InChI=1S/C41H48O2/c1-28(30-13-5-3-6-14-30)32-17-9-19-34(25-32)36-21-11-23-40(42)38(36)27-39-37(22-12-24-41(39)43)35-20-10-18-33(26-35)29(2)31-15-7-4-8-16-31/h3-8,11-16,21-24,28-29,32-35,42-43H,9-10,17-20,25-27H2,1-2H3. The molecule has 0 bridgehead atoms. The first-order chi connectivity index (χ1) is 21.0. The largest absolute Gasteiger partial charge is 0.508 e. The lowest BCUT2D eigenvalue weighted by atomic mass is 9.69. The third kappa shape index (κ3) is 6.54. The number of rotatable bonds is 8. The Bertz CT molecular complexity index is 1360. The lowest BCUT2D eigenvalue weighted by Crippen LogP contribution is -2.21. The molecule has 2 aliphatic rings. The molecule has 0 radical (unpaired) electrons. The van der Waals surface area contributed by atoms with Crippen molar-refractivity contribution in [3.8, 4) is 11.5 Å². The van der Waals surface area contributed by atoms with E-state index >= 15 is 0 Å². The van der Waals surface area contributed by atoms with E-state index in [-0.39, 0.29) is 0 Å². The molecule has 2 nitrogen and oxygen atoms in total. The van der Waals surface area contributed by atoms with Crippen LogP contribution in [0.25, 0.3) is 0 Å². The molecule has 6 atom stereocenters. The van der Waals surface area contributed by atoms with Gasteiger partial charge in [0.1, 0.15) is 11.5 Å². The number of hydrogen-bond acceptors (Lipinski definition) is 2. The van der Waals surface area contributed by atoms with Gasteiger partial charge in [-0.25, -0.2) is 0 Å². The van der Waals surface area contributed by atoms with Crippen LogP contribution in [0.3, 0.4) is 0 Å². The lowest BCUT2D eigenvalue weighted by molar-refractivity contribution is 0.284. The van der Waals surface area contributed by atoms with Crippen molar-refractivity contribution in [1.29, 1.82) is 0 Å². The molecular formula is C41H48O2. The van der Waals surface area contributed by atoms with Gasteiger partial charge in [0.15, 0.2) is 0 Å². The fraction of sp³-hybridized carbons (Fsp3) is 0.415. The van der Waals surface area contributed by atoms with E-state index in [0.717, 1.165) is 36.8 Å². The molecule has 2 fully saturated rings. The van der Waals surface area contributed by atoms with Crippen LogP contribution in [0.4, 0.5) is 0 Å². The highest BCUT2D eigenvalue weighted by Gasteiger charge is 2.32. The van der Waals surface area contributed by atoms with Crippen LogP contribution in [0, 0.1) is 11.8 Å². The fourth-order valence-electron chi connectivity index (χ4n) is 8.50. The Morgan fingerprint density at radius 1 is 0.535 bits per heavy atom. The first-order valence-electron chi connectivity index (χ1n) is 16.7. The van der Waals surface area contributed by atoms with Crippen LogP contribution < -0.4 is 0 Å². The van der Waals surface area contributed by atoms with E-state index in [1.807, 2.05) is 24.3 Å². The third-order valence-electron chi connectivity index (χ3n) is 11.1. The van der Waals surface area contributed by atoms with Gasteiger partial charge in [0.2, 0.25) is 0 Å². The normalized spacial score (nSPS) is 23.9. The van der Waals surface area contributed by atoms with E-state index in [0.29, 0.717) is 53.4 Å². The second kappa shape index (κ2) is 13.4. The highest BCUT2D eigenvalue weighted by molar-refractivity contribution is 5.50. The topological polar surface area (TPSA) is 40.5 Å². The van der Waals surface area contributed by atoms with Crippen molar-refractivity contribution in [2.75, 3.05) is 0 Å². The van der Waals surface area contributed by atoms with Crippen molar-refractivity contribution in [3.05, 3.63) is 130 Å². The molecule has 0 spiro atoms. The maximum atomic E-state index is 11.3. The molecule has 2 saturated carbocycles. The summed E-state index contributed by atoms with van der Waals surface area (Å²) in [6, 6.07) is 34.1. The SMILES string of the molecule is CC(c1ccccc1)C1CCCC(c2cccc(O)c2Cc2c(O)cccc2C2CCCC(C(C)c3ccccc3)C2)C1. The van der Waals surface area contributed by atoms with Crippen molar-refractivity contribution in [3.63, 3.8) is 0 Å². The van der Waals surface area contributed by atoms with E-state index in [9.17, 15) is 10.2 Å². The summed E-state index contributed by atoms with van der Waals surface area (Å²) >= 11 is 0. The van der Waals surface area contributed by atoms with Crippen LogP contribution in [-0.4, -0.2) is 10.2 Å². The average molecular weight is 573 g/mol. The molecule has 224 valence electrons. The molecule has 2 aliphatic carbocycles. The first-order valence-corrected chi connectivity index (χ1v) is 16.7. The molecule has 0 saturated heterocycles. The summed E-state index contributed by atoms with van der Waals surface area (Å²) in [5, 5.41) is 22.6. The minimum Gasteiger partial charge on any atom is -0.508 e. The van der Waals surface area contributed by atoms with Crippen molar-refractivity contribution in [2.24, 2.45) is 11.8 Å². The van der Waals surface area contributed by atoms with Crippen LogP contribution in [0.15, 0.2) is 97.1 Å². The Kier molecular flexibility index (Phi) is 9.22. The van der Waals surface area contributed by atoms with Gasteiger partial charge in [-0.1, -0.05) is 112 Å². The molecule has 43 heavy (non-hydrogen) atoms. The highest BCUT2D eigenvalue weighted by atomic mass is 16.3. The zero-order chi connectivity index (χ0) is 29.8. The number of benzene rings is 4. The van der Waals surface area contributed by atoms with Gasteiger partial charge < -0.3 is 10.2 Å². The number of phenolic OH excluding ortho intramolecular Hbond substituents is 2. The zero-order valence-electron chi connectivity index (χ0n) is 26.0. The Hall–Kier alpha value is -3.52. The van der Waals surface area contributed by atoms with Crippen molar-refractivity contribution >= 4 is 0 Å². The maximum absolute atomic E-state index is 11.3. The van der Waals surface area contributed by atoms with Crippen LogP contribution in [0.1, 0.15) is 122 Å². The summed E-state index contributed by atoms with van der Waals surface area (Å²) in [6.07, 6.45) is 10.1. The van der Waals surface area contributed by atoms with Crippen molar-refractivity contribution in [1.82, 2.24) is 0 Å². The maximum Gasteiger partial charge on any atom is 0.119 e. The number of phenols is 2. The lowest BCUT2D eigenvalue weighted by Gasteiger charge is -2.35. The van der Waals surface area contributed by atoms with E-state index in [2.05, 4.69) is 86.6 Å². The monoisotopic (exact) mass is 572 g/mol. The summed E-state index contributed by atoms with van der Waals surface area (Å²) in [5.74, 6) is 3.87. The second-order valence-electron chi connectivity index (χ2n) is 13.5. The van der Waals surface area contributed by atoms with Gasteiger partial charge in [0, 0.05) is 17.5 Å². The Balaban J connectivity index is 1.26. The van der Waals surface area contributed by atoms with Crippen molar-refractivity contribution < 1.29 is 10.2 Å². The predicted octanol–water partition coefficient (Wildman–Crippen LogP) is 10.8. The molecule has 6 rings (SSSR count). The van der Waals surface area contributed by atoms with Crippen molar-refractivity contribution in [2.45, 2.75) is 95.3 Å². The minimum atomic E-state index is 0.365. The van der Waals surface area contributed by atoms with Gasteiger partial charge >= 0.3 is 0 Å². The predicted molar refractivity (Wildman–Crippen MR) is 178 cm³/mol. The summed E-state index contributed by atoms with van der Waals surface area (Å²) in [7, 11) is 0. The molecule has 2 heteroatoms. The van der Waals surface area contributed by atoms with Gasteiger partial charge in [-0.05, 0) is 108 Å². The molecule has 0 aromatic heterocycles. The van der Waals surface area contributed by atoms with Crippen LogP contribution in [0.5, 0.6) is 11.5 Å². The molecule has 2 N–H and O–H groups in total. The Morgan fingerprint density at radius 3 is 1.37 bits per heavy atom. The fourth-order valence-corrected chi connectivity index (χ4v) is 8.50. The smallest absolute Gasteiger partial charge is 0.119 e. The van der Waals surface area contributed by atoms with E-state index in [4.69, 9.17) is 0 Å². The van der Waals surface area contributed by atoms with E-state index < -0.39 is 0 Å². The summed E-state index contributed by atoms with van der Waals surface area (Å²) in [6.45, 7) is 4.77. The first kappa shape index (κ1) is 29.5. The summed E-state index contributed by atoms with van der Waals surface area (Å²) < 4.78 is 0. The minimum absolute atomic E-state index is 0.365. The van der Waals surface area contributed by atoms with Crippen LogP contribution in [-0.2, 0) is 6.42 Å². The number of hydrogen-bond donors (Lipinski definition) is 2. The van der Waals surface area contributed by atoms with Gasteiger partial charge in [0.05, 0.1) is 0 Å². The van der Waals surface area contributed by atoms with Gasteiger partial charge in [-0.15, -0.1) is 0 Å². The molecule has 0 heterocycles. The quantitative estimate of drug-likeness (QED) is 0.220. The Labute approximate surface area is 258 Å². The Morgan fingerprint density at radius 2 is 0.953 bits per heavy atom. The average Bonchev–Trinajstić information content (AvgIpc) is 3.06. The molecule has 0 amide bonds.